The van der Waals surface area contributed by atoms with E-state index in [0.29, 0.717) is 11.4 Å². The van der Waals surface area contributed by atoms with Gasteiger partial charge in [-0.05, 0) is 60.7 Å². The van der Waals surface area contributed by atoms with Gasteiger partial charge in [0.05, 0.1) is 7.11 Å². The van der Waals surface area contributed by atoms with Crippen molar-refractivity contribution in [2.75, 3.05) is 24.4 Å². The molecule has 142 valence electrons. The number of benzene rings is 2. The summed E-state index contributed by atoms with van der Waals surface area (Å²) in [6.45, 7) is 1.23. The van der Waals surface area contributed by atoms with Crippen molar-refractivity contribution in [1.29, 1.82) is 0 Å². The zero-order chi connectivity index (χ0) is 19.6. The minimum atomic E-state index is -0.403. The maximum absolute atomic E-state index is 11.8. The molecule has 0 heterocycles. The molecule has 2 amide bonds. The summed E-state index contributed by atoms with van der Waals surface area (Å²) in [5.74, 6) is 0.668. The van der Waals surface area contributed by atoms with Gasteiger partial charge in [-0.25, -0.2) is 0 Å². The number of anilines is 2. The Morgan fingerprint density at radius 2 is 1.44 bits per heavy atom. The molecule has 0 fully saturated rings. The summed E-state index contributed by atoms with van der Waals surface area (Å²) in [5.41, 5.74) is 6.42. The summed E-state index contributed by atoms with van der Waals surface area (Å²) >= 11 is 5.10. The molecule has 0 saturated carbocycles. The number of hydrogen-bond donors (Lipinski definition) is 4. The molecule has 4 N–H and O–H groups in total. The molecule has 0 aliphatic rings. The fourth-order valence-corrected chi connectivity index (χ4v) is 2.15. The third kappa shape index (κ3) is 7.20. The van der Waals surface area contributed by atoms with Gasteiger partial charge >= 0.3 is 0 Å². The first-order valence-corrected chi connectivity index (χ1v) is 8.37. The third-order valence-electron chi connectivity index (χ3n) is 3.21. The molecule has 0 radical (unpaired) electrons. The normalized spacial score (nSPS) is 9.70. The number of carbonyl (C=O) groups is 2. The van der Waals surface area contributed by atoms with E-state index in [2.05, 4.69) is 21.5 Å². The van der Waals surface area contributed by atoms with E-state index in [-0.39, 0.29) is 17.6 Å². The summed E-state index contributed by atoms with van der Waals surface area (Å²) < 4.78 is 10.4. The molecule has 27 heavy (non-hydrogen) atoms. The number of hydrogen-bond acceptors (Lipinski definition) is 5. The first kappa shape index (κ1) is 20.0. The molecule has 0 aliphatic carbocycles. The molecule has 0 aromatic heterocycles. The molecule has 0 atom stereocenters. The molecule has 0 spiro atoms. The lowest BCUT2D eigenvalue weighted by Gasteiger charge is -2.12. The molecule has 8 nitrogen and oxygen atoms in total. The van der Waals surface area contributed by atoms with Crippen LogP contribution in [0.5, 0.6) is 11.5 Å². The minimum Gasteiger partial charge on any atom is -0.497 e. The molecule has 0 saturated heterocycles. The second kappa shape index (κ2) is 9.97. The van der Waals surface area contributed by atoms with E-state index in [9.17, 15) is 9.59 Å². The largest absolute Gasteiger partial charge is 0.497 e. The van der Waals surface area contributed by atoms with Crippen molar-refractivity contribution >= 4 is 40.5 Å². The van der Waals surface area contributed by atoms with Gasteiger partial charge in [-0.1, -0.05) is 0 Å². The van der Waals surface area contributed by atoms with Crippen LogP contribution in [-0.2, 0) is 9.59 Å². The summed E-state index contributed by atoms with van der Waals surface area (Å²) in [4.78, 5) is 22.8. The average molecular weight is 388 g/mol. The lowest BCUT2D eigenvalue weighted by Crippen LogP contribution is -2.45. The van der Waals surface area contributed by atoms with Crippen LogP contribution < -0.4 is 31.0 Å². The maximum atomic E-state index is 11.8. The Morgan fingerprint density at radius 3 is 2.00 bits per heavy atom. The molecule has 2 aromatic rings. The lowest BCUT2D eigenvalue weighted by molar-refractivity contribution is -0.123. The van der Waals surface area contributed by atoms with Crippen molar-refractivity contribution in [1.82, 2.24) is 10.9 Å². The Morgan fingerprint density at radius 1 is 0.889 bits per heavy atom. The number of thiocarbonyl (C=S) groups is 1. The Balaban J connectivity index is 1.70. The molecule has 0 unspecified atom stereocenters. The van der Waals surface area contributed by atoms with Crippen LogP contribution >= 0.6 is 12.2 Å². The Kier molecular flexibility index (Phi) is 7.38. The molecule has 0 aliphatic heterocycles. The van der Waals surface area contributed by atoms with Crippen molar-refractivity contribution in [3.8, 4) is 11.5 Å². The minimum absolute atomic E-state index is 0.159. The monoisotopic (exact) mass is 388 g/mol. The van der Waals surface area contributed by atoms with E-state index in [1.54, 1.807) is 55.6 Å². The Labute approximate surface area is 162 Å². The quantitative estimate of drug-likeness (QED) is 0.444. The number of amides is 2. The van der Waals surface area contributed by atoms with Crippen molar-refractivity contribution in [3.63, 3.8) is 0 Å². The first-order chi connectivity index (χ1) is 13.0. The highest BCUT2D eigenvalue weighted by molar-refractivity contribution is 7.80. The van der Waals surface area contributed by atoms with Crippen LogP contribution in [0.2, 0.25) is 0 Å². The Bertz CT molecular complexity index is 794. The van der Waals surface area contributed by atoms with Gasteiger partial charge in [0.2, 0.25) is 5.91 Å². The molecule has 2 aromatic carbocycles. The summed E-state index contributed by atoms with van der Waals surface area (Å²) in [6.07, 6.45) is 0. The van der Waals surface area contributed by atoms with Crippen molar-refractivity contribution < 1.29 is 19.1 Å². The zero-order valence-corrected chi connectivity index (χ0v) is 15.7. The van der Waals surface area contributed by atoms with Gasteiger partial charge in [-0.15, -0.1) is 0 Å². The number of ether oxygens (including phenoxy) is 2. The van der Waals surface area contributed by atoms with E-state index in [0.717, 1.165) is 11.4 Å². The van der Waals surface area contributed by atoms with Crippen LogP contribution in [0.1, 0.15) is 6.92 Å². The molecular weight excluding hydrogens is 368 g/mol. The highest BCUT2D eigenvalue weighted by Gasteiger charge is 2.05. The molecule has 0 bridgehead atoms. The zero-order valence-electron chi connectivity index (χ0n) is 14.9. The lowest BCUT2D eigenvalue weighted by atomic mass is 10.3. The van der Waals surface area contributed by atoms with E-state index in [1.807, 2.05) is 0 Å². The number of carbonyl (C=O) groups excluding carboxylic acids is 2. The van der Waals surface area contributed by atoms with Crippen molar-refractivity contribution in [3.05, 3.63) is 48.5 Å². The van der Waals surface area contributed by atoms with Gasteiger partial charge < -0.3 is 20.1 Å². The predicted octanol–water partition coefficient (Wildman–Crippen LogP) is 2.05. The van der Waals surface area contributed by atoms with Crippen LogP contribution in [0, 0.1) is 0 Å². The van der Waals surface area contributed by atoms with Gasteiger partial charge in [-0.3, -0.25) is 20.4 Å². The van der Waals surface area contributed by atoms with Crippen LogP contribution in [0.15, 0.2) is 48.5 Å². The van der Waals surface area contributed by atoms with E-state index in [1.165, 1.54) is 6.92 Å². The van der Waals surface area contributed by atoms with Gasteiger partial charge in [0.25, 0.3) is 5.91 Å². The highest BCUT2D eigenvalue weighted by Crippen LogP contribution is 2.16. The summed E-state index contributed by atoms with van der Waals surface area (Å²) in [5, 5.41) is 5.79. The number of nitrogens with one attached hydrogen (secondary N) is 4. The highest BCUT2D eigenvalue weighted by atomic mass is 32.1. The average Bonchev–Trinajstić information content (AvgIpc) is 2.66. The summed E-state index contributed by atoms with van der Waals surface area (Å²) in [7, 11) is 1.59. The smallest absolute Gasteiger partial charge is 0.276 e. The second-order valence-corrected chi connectivity index (χ2v) is 5.76. The number of methoxy groups -OCH3 is 1. The van der Waals surface area contributed by atoms with Gasteiger partial charge in [0.1, 0.15) is 11.5 Å². The van der Waals surface area contributed by atoms with Gasteiger partial charge in [0, 0.05) is 18.3 Å². The maximum Gasteiger partial charge on any atom is 0.276 e. The summed E-state index contributed by atoms with van der Waals surface area (Å²) in [6, 6.07) is 13.8. The van der Waals surface area contributed by atoms with Crippen LogP contribution in [-0.4, -0.2) is 30.6 Å². The number of hydrazine groups is 1. The first-order valence-electron chi connectivity index (χ1n) is 7.96. The van der Waals surface area contributed by atoms with Crippen LogP contribution in [0.4, 0.5) is 11.4 Å². The number of rotatable bonds is 6. The van der Waals surface area contributed by atoms with Gasteiger partial charge in [0.15, 0.2) is 11.7 Å². The van der Waals surface area contributed by atoms with E-state index >= 15 is 0 Å². The van der Waals surface area contributed by atoms with Gasteiger partial charge in [-0.2, -0.15) is 0 Å². The van der Waals surface area contributed by atoms with E-state index < -0.39 is 5.91 Å². The molecular formula is C18H20N4O4S. The van der Waals surface area contributed by atoms with Crippen LogP contribution in [0.3, 0.4) is 0 Å². The molecule has 9 heteroatoms. The predicted molar refractivity (Wildman–Crippen MR) is 107 cm³/mol. The Hall–Kier alpha value is -3.33. The van der Waals surface area contributed by atoms with E-state index in [4.69, 9.17) is 21.7 Å². The topological polar surface area (TPSA) is 101 Å². The van der Waals surface area contributed by atoms with Crippen molar-refractivity contribution in [2.45, 2.75) is 6.92 Å². The molecule has 2 rings (SSSR count). The fraction of sp³-hybridized carbons (Fsp3) is 0.167. The second-order valence-electron chi connectivity index (χ2n) is 5.35. The van der Waals surface area contributed by atoms with Crippen molar-refractivity contribution in [2.24, 2.45) is 0 Å². The van der Waals surface area contributed by atoms with Crippen LogP contribution in [0.25, 0.3) is 0 Å². The standard InChI is InChI=1S/C18H20N4O4S/c1-12(23)19-13-5-9-16(10-6-13)26-11-17(24)21-22-18(27)20-14-3-7-15(25-2)8-4-14/h3-10H,11H2,1-2H3,(H,19,23)(H,21,24)(H2,20,22,27). The third-order valence-corrected chi connectivity index (χ3v) is 3.41. The SMILES string of the molecule is COc1ccc(NC(=S)NNC(=O)COc2ccc(NC(C)=O)cc2)cc1. The fourth-order valence-electron chi connectivity index (χ4n) is 1.99.